The molecular formula is C12H16F3N3O. The SMILES string of the molecule is CN(C)CCOc1ccc(C(=N)N)c(C(F)(F)F)c1. The van der Waals surface area contributed by atoms with Gasteiger partial charge in [0.1, 0.15) is 18.2 Å². The van der Waals surface area contributed by atoms with Crippen LogP contribution in [0.1, 0.15) is 11.1 Å². The van der Waals surface area contributed by atoms with E-state index in [1.807, 2.05) is 19.0 Å². The molecule has 1 rings (SSSR count). The number of nitrogen functional groups attached to an aromatic ring is 1. The molecular weight excluding hydrogens is 259 g/mol. The van der Waals surface area contributed by atoms with Crippen molar-refractivity contribution in [2.45, 2.75) is 6.18 Å². The van der Waals surface area contributed by atoms with E-state index in [4.69, 9.17) is 15.9 Å². The molecule has 0 fully saturated rings. The highest BCUT2D eigenvalue weighted by Gasteiger charge is 2.34. The normalized spacial score (nSPS) is 11.7. The maximum atomic E-state index is 12.8. The first-order valence-electron chi connectivity index (χ1n) is 5.55. The number of ether oxygens (including phenoxy) is 1. The maximum absolute atomic E-state index is 12.8. The molecule has 0 saturated carbocycles. The summed E-state index contributed by atoms with van der Waals surface area (Å²) in [7, 11) is 3.67. The van der Waals surface area contributed by atoms with Crippen molar-refractivity contribution in [1.29, 1.82) is 5.41 Å². The molecule has 0 bridgehead atoms. The smallest absolute Gasteiger partial charge is 0.417 e. The molecule has 0 heterocycles. The number of alkyl halides is 3. The van der Waals surface area contributed by atoms with Gasteiger partial charge in [-0.25, -0.2) is 0 Å². The minimum Gasteiger partial charge on any atom is -0.492 e. The van der Waals surface area contributed by atoms with Gasteiger partial charge in [-0.15, -0.1) is 0 Å². The second-order valence-corrected chi connectivity index (χ2v) is 4.27. The van der Waals surface area contributed by atoms with E-state index in [1.54, 1.807) is 0 Å². The lowest BCUT2D eigenvalue weighted by Crippen LogP contribution is -2.21. The van der Waals surface area contributed by atoms with Crippen LogP contribution < -0.4 is 10.5 Å². The molecule has 0 saturated heterocycles. The van der Waals surface area contributed by atoms with Crippen molar-refractivity contribution >= 4 is 5.84 Å². The van der Waals surface area contributed by atoms with E-state index in [2.05, 4.69) is 0 Å². The molecule has 19 heavy (non-hydrogen) atoms. The molecule has 106 valence electrons. The molecule has 0 atom stereocenters. The highest BCUT2D eigenvalue weighted by Crippen LogP contribution is 2.34. The zero-order valence-corrected chi connectivity index (χ0v) is 10.7. The fourth-order valence-electron chi connectivity index (χ4n) is 1.43. The first-order chi connectivity index (χ1) is 8.71. The number of nitrogens with one attached hydrogen (secondary N) is 1. The number of nitrogens with two attached hydrogens (primary N) is 1. The summed E-state index contributed by atoms with van der Waals surface area (Å²) in [6.07, 6.45) is -4.57. The Balaban J connectivity index is 2.96. The molecule has 0 aliphatic rings. The van der Waals surface area contributed by atoms with E-state index in [-0.39, 0.29) is 17.9 Å². The van der Waals surface area contributed by atoms with Gasteiger partial charge in [0.15, 0.2) is 0 Å². The van der Waals surface area contributed by atoms with Crippen LogP contribution in [0.5, 0.6) is 5.75 Å². The molecule has 0 unspecified atom stereocenters. The second kappa shape index (κ2) is 5.92. The molecule has 7 heteroatoms. The van der Waals surface area contributed by atoms with Crippen molar-refractivity contribution in [3.05, 3.63) is 29.3 Å². The standard InChI is InChI=1S/C12H16F3N3O/c1-18(2)5-6-19-8-3-4-9(11(16)17)10(7-8)12(13,14)15/h3-4,7H,5-6H2,1-2H3,(H3,16,17). The van der Waals surface area contributed by atoms with Crippen LogP contribution >= 0.6 is 0 Å². The first-order valence-corrected chi connectivity index (χ1v) is 5.55. The van der Waals surface area contributed by atoms with Crippen LogP contribution in [-0.2, 0) is 6.18 Å². The minimum absolute atomic E-state index is 0.110. The summed E-state index contributed by atoms with van der Waals surface area (Å²) < 4.78 is 43.7. The average Bonchev–Trinajstić information content (AvgIpc) is 2.27. The lowest BCUT2D eigenvalue weighted by molar-refractivity contribution is -0.137. The lowest BCUT2D eigenvalue weighted by Gasteiger charge is -2.15. The van der Waals surface area contributed by atoms with E-state index in [9.17, 15) is 13.2 Å². The third kappa shape index (κ3) is 4.44. The number of hydrogen-bond acceptors (Lipinski definition) is 3. The third-order valence-electron chi connectivity index (χ3n) is 2.39. The van der Waals surface area contributed by atoms with Crippen LogP contribution in [0.3, 0.4) is 0 Å². The quantitative estimate of drug-likeness (QED) is 0.637. The molecule has 0 aliphatic carbocycles. The van der Waals surface area contributed by atoms with Crippen LogP contribution in [0.4, 0.5) is 13.2 Å². The van der Waals surface area contributed by atoms with Crippen LogP contribution in [0.15, 0.2) is 18.2 Å². The van der Waals surface area contributed by atoms with Gasteiger partial charge in [-0.1, -0.05) is 0 Å². The van der Waals surface area contributed by atoms with Crippen LogP contribution in [-0.4, -0.2) is 38.0 Å². The van der Waals surface area contributed by atoms with E-state index in [0.29, 0.717) is 6.54 Å². The summed E-state index contributed by atoms with van der Waals surface area (Å²) >= 11 is 0. The van der Waals surface area contributed by atoms with Gasteiger partial charge in [-0.05, 0) is 32.3 Å². The van der Waals surface area contributed by atoms with Gasteiger partial charge >= 0.3 is 6.18 Å². The van der Waals surface area contributed by atoms with Gasteiger partial charge in [-0.2, -0.15) is 13.2 Å². The van der Waals surface area contributed by atoms with E-state index in [1.165, 1.54) is 6.07 Å². The monoisotopic (exact) mass is 275 g/mol. The summed E-state index contributed by atoms with van der Waals surface area (Å²) in [6.45, 7) is 0.875. The van der Waals surface area contributed by atoms with Gasteiger partial charge < -0.3 is 15.4 Å². The van der Waals surface area contributed by atoms with Crippen molar-refractivity contribution < 1.29 is 17.9 Å². The summed E-state index contributed by atoms with van der Waals surface area (Å²) in [6, 6.07) is 3.39. The second-order valence-electron chi connectivity index (χ2n) is 4.27. The van der Waals surface area contributed by atoms with Crippen molar-refractivity contribution in [2.24, 2.45) is 5.73 Å². The summed E-state index contributed by atoms with van der Waals surface area (Å²) in [4.78, 5) is 1.86. The Kier molecular flexibility index (Phi) is 4.77. The molecule has 4 nitrogen and oxygen atoms in total. The maximum Gasteiger partial charge on any atom is 0.417 e. The molecule has 1 aromatic rings. The average molecular weight is 275 g/mol. The van der Waals surface area contributed by atoms with Gasteiger partial charge in [0.25, 0.3) is 0 Å². The van der Waals surface area contributed by atoms with Gasteiger partial charge in [0.2, 0.25) is 0 Å². The van der Waals surface area contributed by atoms with Crippen molar-refractivity contribution in [2.75, 3.05) is 27.2 Å². The number of amidine groups is 1. The largest absolute Gasteiger partial charge is 0.492 e. The predicted molar refractivity (Wildman–Crippen MR) is 66.5 cm³/mol. The number of rotatable bonds is 5. The number of hydrogen-bond donors (Lipinski definition) is 2. The molecule has 0 spiro atoms. The van der Waals surface area contributed by atoms with Crippen LogP contribution in [0, 0.1) is 5.41 Å². The Labute approximate surface area is 109 Å². The lowest BCUT2D eigenvalue weighted by atomic mass is 10.1. The van der Waals surface area contributed by atoms with Gasteiger partial charge in [0.05, 0.1) is 5.56 Å². The van der Waals surface area contributed by atoms with Gasteiger partial charge in [-0.3, -0.25) is 5.41 Å². The molecule has 0 radical (unpaired) electrons. The highest BCUT2D eigenvalue weighted by molar-refractivity contribution is 5.96. The number of nitrogens with zero attached hydrogens (tertiary/aromatic N) is 1. The fraction of sp³-hybridized carbons (Fsp3) is 0.417. The molecule has 0 aliphatic heterocycles. The summed E-state index contributed by atoms with van der Waals surface area (Å²) in [5.74, 6) is -0.508. The van der Waals surface area contributed by atoms with E-state index >= 15 is 0 Å². The van der Waals surface area contributed by atoms with E-state index < -0.39 is 17.6 Å². The number of halogens is 3. The number of likely N-dealkylation sites (N-methyl/N-ethyl adjacent to an activating group) is 1. The summed E-state index contributed by atoms with van der Waals surface area (Å²) in [5.41, 5.74) is 3.84. The van der Waals surface area contributed by atoms with Crippen LogP contribution in [0.25, 0.3) is 0 Å². The Hall–Kier alpha value is -1.76. The van der Waals surface area contributed by atoms with Gasteiger partial charge in [0, 0.05) is 12.1 Å². The van der Waals surface area contributed by atoms with Crippen molar-refractivity contribution in [3.63, 3.8) is 0 Å². The number of benzene rings is 1. The summed E-state index contributed by atoms with van der Waals surface area (Å²) in [5, 5.41) is 7.15. The topological polar surface area (TPSA) is 62.3 Å². The Morgan fingerprint density at radius 1 is 1.37 bits per heavy atom. The van der Waals surface area contributed by atoms with Crippen molar-refractivity contribution in [1.82, 2.24) is 4.90 Å². The fourth-order valence-corrected chi connectivity index (χ4v) is 1.43. The molecule has 0 aromatic heterocycles. The Morgan fingerprint density at radius 2 is 2.00 bits per heavy atom. The predicted octanol–water partition coefficient (Wildman–Crippen LogP) is 1.93. The zero-order chi connectivity index (χ0) is 14.6. The molecule has 1 aromatic carbocycles. The minimum atomic E-state index is -4.57. The van der Waals surface area contributed by atoms with Crippen LogP contribution in [0.2, 0.25) is 0 Å². The third-order valence-corrected chi connectivity index (χ3v) is 2.39. The first kappa shape index (κ1) is 15.3. The van der Waals surface area contributed by atoms with Crippen molar-refractivity contribution in [3.8, 4) is 5.75 Å². The molecule has 0 amide bonds. The molecule has 3 N–H and O–H groups in total. The zero-order valence-electron chi connectivity index (χ0n) is 10.7. The van der Waals surface area contributed by atoms with E-state index in [0.717, 1.165) is 12.1 Å². The Bertz CT molecular complexity index is 458. The Morgan fingerprint density at radius 3 is 2.47 bits per heavy atom. The highest BCUT2D eigenvalue weighted by atomic mass is 19.4.